The van der Waals surface area contributed by atoms with Crippen LogP contribution in [0.1, 0.15) is 5.56 Å². The second-order valence-corrected chi connectivity index (χ2v) is 3.69. The zero-order valence-corrected chi connectivity index (χ0v) is 9.36. The van der Waals surface area contributed by atoms with Gasteiger partial charge in [0.05, 0.1) is 5.70 Å². The summed E-state index contributed by atoms with van der Waals surface area (Å²) >= 11 is 4.82. The van der Waals surface area contributed by atoms with E-state index in [0.29, 0.717) is 11.6 Å². The fourth-order valence-corrected chi connectivity index (χ4v) is 1.31. The maximum Gasteiger partial charge on any atom is 0.346 e. The zero-order valence-electron chi connectivity index (χ0n) is 8.54. The molecule has 0 saturated carbocycles. The van der Waals surface area contributed by atoms with Gasteiger partial charge in [0.2, 0.25) is 0 Å². The van der Waals surface area contributed by atoms with Gasteiger partial charge in [-0.05, 0) is 11.6 Å². The third-order valence-electron chi connectivity index (χ3n) is 2.00. The van der Waals surface area contributed by atoms with Crippen molar-refractivity contribution in [1.82, 2.24) is 0 Å². The Morgan fingerprint density at radius 1 is 1.24 bits per heavy atom. The normalized spacial score (nSPS) is 12.9. The molecule has 92 valence electrons. The molecule has 0 heterocycles. The smallest absolute Gasteiger partial charge is 0.346 e. The summed E-state index contributed by atoms with van der Waals surface area (Å²) in [7, 11) is 0. The fraction of sp³-hybridized carbons (Fsp3) is 0.182. The van der Waals surface area contributed by atoms with Crippen molar-refractivity contribution in [3.8, 4) is 0 Å². The molecule has 0 amide bonds. The van der Waals surface area contributed by atoms with Gasteiger partial charge in [0, 0.05) is 4.86 Å². The molecule has 0 bridgehead atoms. The van der Waals surface area contributed by atoms with Gasteiger partial charge in [-0.25, -0.2) is 8.78 Å². The second-order valence-electron chi connectivity index (χ2n) is 3.25. The van der Waals surface area contributed by atoms with Gasteiger partial charge in [0.25, 0.3) is 0 Å². The molecule has 1 nitrogen and oxygen atoms in total. The van der Waals surface area contributed by atoms with Crippen molar-refractivity contribution in [1.29, 1.82) is 0 Å². The lowest BCUT2D eigenvalue weighted by Crippen LogP contribution is -2.33. The highest BCUT2D eigenvalue weighted by Gasteiger charge is 2.43. The predicted octanol–water partition coefficient (Wildman–Crippen LogP) is 3.15. The van der Waals surface area contributed by atoms with Crippen molar-refractivity contribution in [2.24, 2.45) is 5.73 Å². The lowest BCUT2D eigenvalue weighted by atomic mass is 10.1. The van der Waals surface area contributed by atoms with Crippen LogP contribution in [-0.4, -0.2) is 17.2 Å². The molecule has 0 aliphatic rings. The molecule has 0 fully saturated rings. The summed E-state index contributed by atoms with van der Waals surface area (Å²) in [6, 6.07) is 8.17. The average molecular weight is 263 g/mol. The first kappa shape index (κ1) is 13.6. The van der Waals surface area contributed by atoms with Crippen molar-refractivity contribution >= 4 is 17.1 Å². The Morgan fingerprint density at radius 2 is 1.76 bits per heavy atom. The minimum Gasteiger partial charge on any atom is -0.397 e. The molecule has 1 aromatic carbocycles. The van der Waals surface area contributed by atoms with Crippen LogP contribution in [0.4, 0.5) is 17.6 Å². The van der Waals surface area contributed by atoms with E-state index in [2.05, 4.69) is 0 Å². The first-order valence-corrected chi connectivity index (χ1v) is 4.99. The van der Waals surface area contributed by atoms with Crippen LogP contribution in [0.2, 0.25) is 0 Å². The van der Waals surface area contributed by atoms with E-state index in [-0.39, 0.29) is 4.86 Å². The maximum absolute atomic E-state index is 12.8. The predicted molar refractivity (Wildman–Crippen MR) is 61.4 cm³/mol. The van der Waals surface area contributed by atoms with Crippen molar-refractivity contribution in [3.63, 3.8) is 0 Å². The Morgan fingerprint density at radius 3 is 2.24 bits per heavy atom. The van der Waals surface area contributed by atoms with Crippen molar-refractivity contribution in [3.05, 3.63) is 47.7 Å². The number of nitrogens with two attached hydrogens (primary N) is 1. The average Bonchev–Trinajstić information content (AvgIpc) is 2.29. The molecule has 0 atom stereocenters. The van der Waals surface area contributed by atoms with E-state index in [1.54, 1.807) is 30.3 Å². The van der Waals surface area contributed by atoms with Gasteiger partial charge in [-0.15, -0.1) is 0 Å². The van der Waals surface area contributed by atoms with Gasteiger partial charge in [0.15, 0.2) is 0 Å². The third kappa shape index (κ3) is 3.26. The van der Waals surface area contributed by atoms with E-state index < -0.39 is 18.0 Å². The van der Waals surface area contributed by atoms with Crippen LogP contribution < -0.4 is 5.73 Å². The lowest BCUT2D eigenvalue weighted by molar-refractivity contribution is -0.100. The molecule has 0 saturated heterocycles. The topological polar surface area (TPSA) is 26.0 Å². The molecule has 0 unspecified atom stereocenters. The Balaban J connectivity index is 2.94. The van der Waals surface area contributed by atoms with Crippen LogP contribution >= 0.6 is 12.2 Å². The summed E-state index contributed by atoms with van der Waals surface area (Å²) in [5.41, 5.74) is 4.17. The molecule has 1 aromatic rings. The molecular weight excluding hydrogens is 254 g/mol. The van der Waals surface area contributed by atoms with Crippen LogP contribution in [0.25, 0.3) is 0 Å². The van der Waals surface area contributed by atoms with Crippen molar-refractivity contribution < 1.29 is 17.6 Å². The van der Waals surface area contributed by atoms with E-state index in [0.717, 1.165) is 0 Å². The van der Waals surface area contributed by atoms with Gasteiger partial charge in [-0.3, -0.25) is 0 Å². The van der Waals surface area contributed by atoms with Crippen LogP contribution in [0, 0.1) is 0 Å². The fourth-order valence-electron chi connectivity index (χ4n) is 1.05. The summed E-state index contributed by atoms with van der Waals surface area (Å²) in [6.45, 7) is 0. The van der Waals surface area contributed by atoms with Gasteiger partial charge in [0.1, 0.15) is 0 Å². The van der Waals surface area contributed by atoms with Crippen LogP contribution in [0.5, 0.6) is 0 Å². The standard InChI is InChI=1S/C11H9F4NS/c12-10(13)11(14,15)9(16)6-8(17)7-4-2-1-3-5-7/h1-6,10H,16H2. The molecule has 0 aliphatic heterocycles. The monoisotopic (exact) mass is 263 g/mol. The van der Waals surface area contributed by atoms with Gasteiger partial charge < -0.3 is 5.73 Å². The van der Waals surface area contributed by atoms with E-state index >= 15 is 0 Å². The summed E-state index contributed by atoms with van der Waals surface area (Å²) < 4.78 is 49.6. The molecule has 0 aliphatic carbocycles. The van der Waals surface area contributed by atoms with Crippen molar-refractivity contribution in [2.75, 3.05) is 0 Å². The second kappa shape index (κ2) is 5.27. The van der Waals surface area contributed by atoms with E-state index in [9.17, 15) is 17.6 Å². The Hall–Kier alpha value is -1.43. The summed E-state index contributed by atoms with van der Waals surface area (Å²) in [5, 5.41) is 0. The number of hydrogen-bond donors (Lipinski definition) is 1. The SMILES string of the molecule is NC(=CC(=S)c1ccccc1)C(F)(F)C(F)F. The van der Waals surface area contributed by atoms with Crippen LogP contribution in [0.3, 0.4) is 0 Å². The van der Waals surface area contributed by atoms with Crippen molar-refractivity contribution in [2.45, 2.75) is 12.3 Å². The number of halogens is 4. The number of thiocarbonyl (C=S) groups is 1. The quantitative estimate of drug-likeness (QED) is 0.391. The Bertz CT molecular complexity index is 428. The molecule has 0 spiro atoms. The summed E-state index contributed by atoms with van der Waals surface area (Å²) in [5.74, 6) is -4.36. The molecule has 17 heavy (non-hydrogen) atoms. The molecule has 6 heteroatoms. The lowest BCUT2D eigenvalue weighted by Gasteiger charge is -2.15. The van der Waals surface area contributed by atoms with E-state index in [1.807, 2.05) is 0 Å². The Labute approximate surface area is 101 Å². The maximum atomic E-state index is 12.8. The first-order chi connectivity index (χ1) is 7.85. The zero-order chi connectivity index (χ0) is 13.1. The highest BCUT2D eigenvalue weighted by molar-refractivity contribution is 7.81. The van der Waals surface area contributed by atoms with Crippen LogP contribution in [0.15, 0.2) is 42.1 Å². The van der Waals surface area contributed by atoms with E-state index in [1.165, 1.54) is 0 Å². The first-order valence-electron chi connectivity index (χ1n) is 4.58. The minimum atomic E-state index is -4.36. The summed E-state index contributed by atoms with van der Waals surface area (Å²) in [4.78, 5) is -0.0107. The highest BCUT2D eigenvalue weighted by Crippen LogP contribution is 2.28. The number of benzene rings is 1. The van der Waals surface area contributed by atoms with Gasteiger partial charge >= 0.3 is 12.3 Å². The molecule has 0 aromatic heterocycles. The number of hydrogen-bond acceptors (Lipinski definition) is 2. The Kier molecular flexibility index (Phi) is 4.22. The molecule has 2 N–H and O–H groups in total. The number of allylic oxidation sites excluding steroid dienone is 2. The minimum absolute atomic E-state index is 0.0107. The summed E-state index contributed by atoms with van der Waals surface area (Å²) in [6.07, 6.45) is -3.16. The third-order valence-corrected chi connectivity index (χ3v) is 2.36. The largest absolute Gasteiger partial charge is 0.397 e. The molecular formula is C11H9F4NS. The molecule has 1 rings (SSSR count). The van der Waals surface area contributed by atoms with Gasteiger partial charge in [-0.2, -0.15) is 8.78 Å². The molecule has 0 radical (unpaired) electrons. The number of rotatable bonds is 4. The van der Waals surface area contributed by atoms with Gasteiger partial charge in [-0.1, -0.05) is 42.5 Å². The highest BCUT2D eigenvalue weighted by atomic mass is 32.1. The van der Waals surface area contributed by atoms with E-state index in [4.69, 9.17) is 18.0 Å². The van der Waals surface area contributed by atoms with Crippen LogP contribution in [-0.2, 0) is 0 Å². The number of alkyl halides is 4.